The standard InChI is InChI=1S/C19H25FN4O3S/c1-22(2)28(26,27)24(18-11-9-16(20)10-12-18)15-19(25)21-13-14-23(3)17-7-5-4-6-8-17/h4-12H,13-15H2,1-3H3,(H,21,25). The Hall–Kier alpha value is -2.65. The molecule has 0 unspecified atom stereocenters. The van der Waals surface area contributed by atoms with Gasteiger partial charge in [0.05, 0.1) is 5.69 Å². The molecular formula is C19H25FN4O3S. The lowest BCUT2D eigenvalue weighted by Crippen LogP contribution is -2.46. The number of hydrogen-bond acceptors (Lipinski definition) is 4. The van der Waals surface area contributed by atoms with Gasteiger partial charge in [-0.25, -0.2) is 8.70 Å². The molecule has 0 aliphatic carbocycles. The molecule has 2 rings (SSSR count). The highest BCUT2D eigenvalue weighted by Gasteiger charge is 2.27. The third kappa shape index (κ3) is 5.67. The first-order chi connectivity index (χ1) is 13.2. The van der Waals surface area contributed by atoms with E-state index in [9.17, 15) is 17.6 Å². The number of para-hydroxylation sites is 1. The Balaban J connectivity index is 2.01. The van der Waals surface area contributed by atoms with Crippen LogP contribution in [0.3, 0.4) is 0 Å². The average molecular weight is 408 g/mol. The number of anilines is 2. The first-order valence-corrected chi connectivity index (χ1v) is 10.1. The number of benzene rings is 2. The van der Waals surface area contributed by atoms with Gasteiger partial charge in [-0.1, -0.05) is 18.2 Å². The van der Waals surface area contributed by atoms with Crippen molar-refractivity contribution < 1.29 is 17.6 Å². The van der Waals surface area contributed by atoms with Crippen LogP contribution in [0.5, 0.6) is 0 Å². The van der Waals surface area contributed by atoms with Crippen molar-refractivity contribution in [3.8, 4) is 0 Å². The number of halogens is 1. The quantitative estimate of drug-likeness (QED) is 0.685. The Bertz CT molecular complexity index is 874. The van der Waals surface area contributed by atoms with E-state index in [1.807, 2.05) is 42.3 Å². The molecule has 0 aromatic heterocycles. The SMILES string of the molecule is CN(CCNC(=O)CN(c1ccc(F)cc1)S(=O)(=O)N(C)C)c1ccccc1. The number of hydrogen-bond donors (Lipinski definition) is 1. The van der Waals surface area contributed by atoms with Crippen LogP contribution in [0.1, 0.15) is 0 Å². The van der Waals surface area contributed by atoms with Crippen LogP contribution in [-0.4, -0.2) is 59.4 Å². The highest BCUT2D eigenvalue weighted by molar-refractivity contribution is 7.90. The van der Waals surface area contributed by atoms with Crippen molar-refractivity contribution in [3.63, 3.8) is 0 Å². The van der Waals surface area contributed by atoms with Gasteiger partial charge in [-0.2, -0.15) is 12.7 Å². The van der Waals surface area contributed by atoms with Crippen molar-refractivity contribution in [2.75, 3.05) is 50.0 Å². The Morgan fingerprint density at radius 1 is 0.964 bits per heavy atom. The van der Waals surface area contributed by atoms with Crippen molar-refractivity contribution in [2.24, 2.45) is 0 Å². The predicted octanol–water partition coefficient (Wildman–Crippen LogP) is 1.69. The van der Waals surface area contributed by atoms with Gasteiger partial charge in [0, 0.05) is 39.9 Å². The molecule has 9 heteroatoms. The second-order valence-electron chi connectivity index (χ2n) is 6.38. The van der Waals surface area contributed by atoms with Gasteiger partial charge >= 0.3 is 10.2 Å². The maximum absolute atomic E-state index is 13.2. The van der Waals surface area contributed by atoms with Gasteiger partial charge in [-0.3, -0.25) is 4.79 Å². The molecule has 1 amide bonds. The summed E-state index contributed by atoms with van der Waals surface area (Å²) in [5, 5.41) is 2.73. The maximum Gasteiger partial charge on any atom is 0.304 e. The summed E-state index contributed by atoms with van der Waals surface area (Å²) in [6, 6.07) is 14.7. The van der Waals surface area contributed by atoms with Crippen LogP contribution in [0.2, 0.25) is 0 Å². The number of carbonyl (C=O) groups is 1. The highest BCUT2D eigenvalue weighted by Crippen LogP contribution is 2.19. The fourth-order valence-corrected chi connectivity index (χ4v) is 3.53. The van der Waals surface area contributed by atoms with Crippen molar-refractivity contribution in [2.45, 2.75) is 0 Å². The van der Waals surface area contributed by atoms with Gasteiger partial charge in [-0.15, -0.1) is 0 Å². The highest BCUT2D eigenvalue weighted by atomic mass is 32.2. The molecule has 1 N–H and O–H groups in total. The summed E-state index contributed by atoms with van der Waals surface area (Å²) in [6.45, 7) is 0.511. The van der Waals surface area contributed by atoms with Gasteiger partial charge in [-0.05, 0) is 36.4 Å². The van der Waals surface area contributed by atoms with Crippen LogP contribution in [0.15, 0.2) is 54.6 Å². The molecule has 2 aromatic carbocycles. The monoisotopic (exact) mass is 408 g/mol. The molecule has 0 saturated carbocycles. The number of nitrogens with one attached hydrogen (secondary N) is 1. The maximum atomic E-state index is 13.2. The molecule has 0 aliphatic rings. The molecule has 0 atom stereocenters. The van der Waals surface area contributed by atoms with Crippen molar-refractivity contribution in [3.05, 3.63) is 60.4 Å². The zero-order valence-electron chi connectivity index (χ0n) is 16.2. The van der Waals surface area contributed by atoms with E-state index in [1.54, 1.807) is 0 Å². The van der Waals surface area contributed by atoms with Crippen LogP contribution in [0, 0.1) is 5.82 Å². The van der Waals surface area contributed by atoms with E-state index >= 15 is 0 Å². The summed E-state index contributed by atoms with van der Waals surface area (Å²) < 4.78 is 40.3. The largest absolute Gasteiger partial charge is 0.373 e. The summed E-state index contributed by atoms with van der Waals surface area (Å²) >= 11 is 0. The lowest BCUT2D eigenvalue weighted by Gasteiger charge is -2.27. The summed E-state index contributed by atoms with van der Waals surface area (Å²) in [5.74, 6) is -0.935. The molecule has 0 aliphatic heterocycles. The van der Waals surface area contributed by atoms with Gasteiger partial charge < -0.3 is 10.2 Å². The first-order valence-electron chi connectivity index (χ1n) is 8.70. The number of rotatable bonds is 9. The minimum absolute atomic E-state index is 0.214. The molecule has 152 valence electrons. The van der Waals surface area contributed by atoms with Crippen molar-refractivity contribution in [1.82, 2.24) is 9.62 Å². The zero-order chi connectivity index (χ0) is 20.7. The smallest absolute Gasteiger partial charge is 0.304 e. The third-order valence-corrected chi connectivity index (χ3v) is 5.93. The Labute approximate surface area is 165 Å². The zero-order valence-corrected chi connectivity index (χ0v) is 17.0. The lowest BCUT2D eigenvalue weighted by molar-refractivity contribution is -0.119. The summed E-state index contributed by atoms with van der Waals surface area (Å²) in [4.78, 5) is 14.3. The van der Waals surface area contributed by atoms with Crippen LogP contribution in [0.25, 0.3) is 0 Å². The molecule has 0 fully saturated rings. The van der Waals surface area contributed by atoms with Crippen LogP contribution in [0.4, 0.5) is 15.8 Å². The number of amides is 1. The predicted molar refractivity (Wildman–Crippen MR) is 109 cm³/mol. The molecule has 7 nitrogen and oxygen atoms in total. The molecule has 0 heterocycles. The van der Waals surface area contributed by atoms with Crippen molar-refractivity contribution in [1.29, 1.82) is 0 Å². The second kappa shape index (κ2) is 9.52. The van der Waals surface area contributed by atoms with E-state index in [1.165, 1.54) is 26.2 Å². The van der Waals surface area contributed by atoms with Crippen LogP contribution in [-0.2, 0) is 15.0 Å². The molecule has 0 saturated heterocycles. The molecule has 28 heavy (non-hydrogen) atoms. The molecule has 0 radical (unpaired) electrons. The van der Waals surface area contributed by atoms with E-state index in [0.29, 0.717) is 13.1 Å². The third-order valence-electron chi connectivity index (χ3n) is 4.11. The minimum Gasteiger partial charge on any atom is -0.373 e. The first kappa shape index (κ1) is 21.6. The summed E-state index contributed by atoms with van der Waals surface area (Å²) in [5.41, 5.74) is 1.23. The number of nitrogens with zero attached hydrogens (tertiary/aromatic N) is 3. The van der Waals surface area contributed by atoms with E-state index in [4.69, 9.17) is 0 Å². The van der Waals surface area contributed by atoms with Crippen molar-refractivity contribution >= 4 is 27.5 Å². The molecule has 0 spiro atoms. The average Bonchev–Trinajstić information content (AvgIpc) is 2.67. The van der Waals surface area contributed by atoms with E-state index in [2.05, 4.69) is 5.32 Å². The molecule has 0 bridgehead atoms. The van der Waals surface area contributed by atoms with Crippen LogP contribution >= 0.6 is 0 Å². The fraction of sp³-hybridized carbons (Fsp3) is 0.316. The van der Waals surface area contributed by atoms with Gasteiger partial charge in [0.15, 0.2) is 0 Å². The molecular weight excluding hydrogens is 383 g/mol. The van der Waals surface area contributed by atoms with E-state index < -0.39 is 28.5 Å². The van der Waals surface area contributed by atoms with Gasteiger partial charge in [0.25, 0.3) is 0 Å². The Kier molecular flexibility index (Phi) is 7.36. The second-order valence-corrected chi connectivity index (χ2v) is 8.45. The van der Waals surface area contributed by atoms with Gasteiger partial charge in [0.2, 0.25) is 5.91 Å². The normalized spacial score (nSPS) is 11.3. The lowest BCUT2D eigenvalue weighted by atomic mass is 10.3. The number of likely N-dealkylation sites (N-methyl/N-ethyl adjacent to an activating group) is 1. The van der Waals surface area contributed by atoms with Crippen LogP contribution < -0.4 is 14.5 Å². The van der Waals surface area contributed by atoms with E-state index in [0.717, 1.165) is 26.4 Å². The fourth-order valence-electron chi connectivity index (χ4n) is 2.47. The summed E-state index contributed by atoms with van der Waals surface area (Å²) in [6.07, 6.45) is 0. The molecule has 2 aromatic rings. The van der Waals surface area contributed by atoms with Gasteiger partial charge in [0.1, 0.15) is 12.4 Å². The Morgan fingerprint density at radius 2 is 1.57 bits per heavy atom. The summed E-state index contributed by atoms with van der Waals surface area (Å²) in [7, 11) is 0.741. The minimum atomic E-state index is -3.91. The Morgan fingerprint density at radius 3 is 2.14 bits per heavy atom. The number of carbonyl (C=O) groups excluding carboxylic acids is 1. The van der Waals surface area contributed by atoms with E-state index in [-0.39, 0.29) is 5.69 Å². The topological polar surface area (TPSA) is 73.0 Å².